The summed E-state index contributed by atoms with van der Waals surface area (Å²) in [6.45, 7) is 0. The molecule has 36 heavy (non-hydrogen) atoms. The van der Waals surface area contributed by atoms with Crippen molar-refractivity contribution in [2.75, 3.05) is 5.73 Å². The van der Waals surface area contributed by atoms with E-state index in [4.69, 9.17) is 38.9 Å². The fourth-order valence-electron chi connectivity index (χ4n) is 4.55. The minimum absolute atomic E-state index is 0.219. The van der Waals surface area contributed by atoms with Gasteiger partial charge in [-0.15, -0.1) is 23.1 Å². The molecule has 3 aromatic carbocycles. The lowest BCUT2D eigenvalue weighted by Crippen LogP contribution is -2.12. The van der Waals surface area contributed by atoms with Crippen molar-refractivity contribution in [3.05, 3.63) is 116 Å². The monoisotopic (exact) mass is 565 g/mol. The molecule has 0 saturated heterocycles. The van der Waals surface area contributed by atoms with Crippen LogP contribution in [0.25, 0.3) is 10.2 Å². The molecule has 0 fully saturated rings. The van der Waals surface area contributed by atoms with Crippen molar-refractivity contribution >= 4 is 74.1 Å². The molecular formula is C28H21Cl2N3S3. The van der Waals surface area contributed by atoms with Crippen molar-refractivity contribution in [1.29, 1.82) is 0 Å². The summed E-state index contributed by atoms with van der Waals surface area (Å²) >= 11 is 18.0. The van der Waals surface area contributed by atoms with Crippen molar-refractivity contribution in [2.24, 2.45) is 0 Å². The number of halogens is 2. The van der Waals surface area contributed by atoms with Crippen molar-refractivity contribution in [3.63, 3.8) is 0 Å². The van der Waals surface area contributed by atoms with E-state index >= 15 is 0 Å². The van der Waals surface area contributed by atoms with Crippen LogP contribution >= 0.6 is 58.1 Å². The number of fused-ring (bicyclic) bond motifs is 3. The maximum absolute atomic E-state index is 6.61. The number of thioether (sulfide) groups is 2. The number of hydrogen-bond acceptors (Lipinski definition) is 6. The zero-order valence-electron chi connectivity index (χ0n) is 19.0. The number of nitrogens with zero attached hydrogens (tertiary/aromatic N) is 2. The molecule has 180 valence electrons. The summed E-state index contributed by atoms with van der Waals surface area (Å²) in [7, 11) is 0. The van der Waals surface area contributed by atoms with Crippen LogP contribution in [0.4, 0.5) is 5.82 Å². The van der Waals surface area contributed by atoms with Crippen molar-refractivity contribution in [2.45, 2.75) is 27.8 Å². The average Bonchev–Trinajstić information content (AvgIpc) is 3.28. The maximum Gasteiger partial charge on any atom is 0.191 e. The summed E-state index contributed by atoms with van der Waals surface area (Å²) in [6, 6.07) is 27.0. The van der Waals surface area contributed by atoms with Gasteiger partial charge < -0.3 is 5.73 Å². The van der Waals surface area contributed by atoms with E-state index in [1.807, 2.05) is 30.0 Å². The molecule has 6 rings (SSSR count). The number of hydrogen-bond donors (Lipinski definition) is 1. The maximum atomic E-state index is 6.61. The van der Waals surface area contributed by atoms with Crippen LogP contribution in [-0.4, -0.2) is 9.97 Å². The van der Waals surface area contributed by atoms with Crippen LogP contribution in [0.1, 0.15) is 37.6 Å². The van der Waals surface area contributed by atoms with Gasteiger partial charge in [0.15, 0.2) is 5.16 Å². The Morgan fingerprint density at radius 2 is 1.53 bits per heavy atom. The molecule has 2 atom stereocenters. The van der Waals surface area contributed by atoms with E-state index in [2.05, 4.69) is 60.7 Å². The molecule has 0 spiro atoms. The lowest BCUT2D eigenvalue weighted by atomic mass is 9.98. The fourth-order valence-corrected chi connectivity index (χ4v) is 9.22. The van der Waals surface area contributed by atoms with Gasteiger partial charge in [0.1, 0.15) is 10.6 Å². The zero-order valence-corrected chi connectivity index (χ0v) is 23.0. The predicted molar refractivity (Wildman–Crippen MR) is 157 cm³/mol. The molecule has 0 radical (unpaired) electrons. The van der Waals surface area contributed by atoms with E-state index in [-0.39, 0.29) is 5.25 Å². The highest BCUT2D eigenvalue weighted by Crippen LogP contribution is 2.56. The quantitative estimate of drug-likeness (QED) is 0.170. The minimum atomic E-state index is 0.219. The van der Waals surface area contributed by atoms with Crippen LogP contribution in [-0.2, 0) is 12.2 Å². The van der Waals surface area contributed by atoms with E-state index in [0.29, 0.717) is 32.0 Å². The first-order valence-electron chi connectivity index (χ1n) is 11.5. The van der Waals surface area contributed by atoms with Crippen LogP contribution in [0.3, 0.4) is 0 Å². The number of nitrogens with two attached hydrogens (primary N) is 1. The van der Waals surface area contributed by atoms with Gasteiger partial charge in [0.25, 0.3) is 0 Å². The number of rotatable bonds is 5. The minimum Gasteiger partial charge on any atom is -0.383 e. The molecule has 0 bridgehead atoms. The highest BCUT2D eigenvalue weighted by Gasteiger charge is 2.34. The third kappa shape index (κ3) is 4.61. The Bertz CT molecular complexity index is 1520. The summed E-state index contributed by atoms with van der Waals surface area (Å²) in [6.07, 6.45) is 0.905. The number of benzene rings is 3. The molecule has 3 nitrogen and oxygen atoms in total. The summed E-state index contributed by atoms with van der Waals surface area (Å²) in [5, 5.41) is 3.47. The van der Waals surface area contributed by atoms with E-state index in [1.165, 1.54) is 33.3 Å². The molecule has 3 heterocycles. The van der Waals surface area contributed by atoms with Crippen molar-refractivity contribution in [3.8, 4) is 0 Å². The smallest absolute Gasteiger partial charge is 0.191 e. The Hall–Kier alpha value is -2.22. The van der Waals surface area contributed by atoms with Gasteiger partial charge in [-0.25, -0.2) is 9.97 Å². The SMILES string of the molecule is Nc1nc(SCc2c(Cl)cccc2Cl)nc2sc3c(c12)C[C@H](c1ccccc1)S[C@@H]3c1ccccc1. The topological polar surface area (TPSA) is 51.8 Å². The largest absolute Gasteiger partial charge is 0.383 e. The second-order valence-electron chi connectivity index (χ2n) is 8.54. The van der Waals surface area contributed by atoms with E-state index < -0.39 is 0 Å². The standard InChI is InChI=1S/C28H21Cl2N3S3/c29-20-12-7-13-21(30)19(20)15-34-28-32-26(31)23-18-14-22(16-8-3-1-4-9-16)35-24(17-10-5-2-6-11-17)25(18)36-27(23)33-28/h1-13,22,24H,14-15H2,(H2,31,32,33)/t22-,24-/m1/s1. The van der Waals surface area contributed by atoms with Crippen LogP contribution in [0.5, 0.6) is 0 Å². The van der Waals surface area contributed by atoms with Crippen LogP contribution in [0, 0.1) is 0 Å². The zero-order chi connectivity index (χ0) is 24.6. The lowest BCUT2D eigenvalue weighted by molar-refractivity contribution is 0.893. The average molecular weight is 567 g/mol. The molecular weight excluding hydrogens is 545 g/mol. The first-order valence-corrected chi connectivity index (χ1v) is 15.0. The molecule has 2 aromatic heterocycles. The Balaban J connectivity index is 1.41. The van der Waals surface area contributed by atoms with E-state index in [9.17, 15) is 0 Å². The second-order valence-corrected chi connectivity index (χ2v) is 12.6. The Labute approximate surface area is 232 Å². The highest BCUT2D eigenvalue weighted by molar-refractivity contribution is 8.00. The van der Waals surface area contributed by atoms with Gasteiger partial charge in [-0.2, -0.15) is 0 Å². The lowest BCUT2D eigenvalue weighted by Gasteiger charge is -2.30. The van der Waals surface area contributed by atoms with Crippen LogP contribution in [0.15, 0.2) is 84.0 Å². The summed E-state index contributed by atoms with van der Waals surface area (Å²) in [5.74, 6) is 1.11. The third-order valence-electron chi connectivity index (χ3n) is 6.30. The molecule has 2 N–H and O–H groups in total. The molecule has 0 unspecified atom stereocenters. The third-order valence-corrected chi connectivity index (χ3v) is 10.8. The number of anilines is 1. The number of nitrogen functional groups attached to an aromatic ring is 1. The summed E-state index contributed by atoms with van der Waals surface area (Å²) in [5.41, 5.74) is 11.4. The van der Waals surface area contributed by atoms with E-state index in [0.717, 1.165) is 22.2 Å². The molecule has 1 aliphatic rings. The van der Waals surface area contributed by atoms with Crippen molar-refractivity contribution < 1.29 is 0 Å². The molecule has 5 aromatic rings. The van der Waals surface area contributed by atoms with Gasteiger partial charge in [0.05, 0.1) is 10.6 Å². The van der Waals surface area contributed by atoms with Gasteiger partial charge in [-0.3, -0.25) is 0 Å². The highest BCUT2D eigenvalue weighted by atomic mass is 35.5. The van der Waals surface area contributed by atoms with Gasteiger partial charge in [-0.1, -0.05) is 102 Å². The first kappa shape index (κ1) is 24.1. The van der Waals surface area contributed by atoms with Gasteiger partial charge in [-0.05, 0) is 40.8 Å². The second kappa shape index (κ2) is 10.3. The Morgan fingerprint density at radius 3 is 2.22 bits per heavy atom. The van der Waals surface area contributed by atoms with Crippen LogP contribution in [0.2, 0.25) is 10.0 Å². The first-order chi connectivity index (χ1) is 17.6. The van der Waals surface area contributed by atoms with E-state index in [1.54, 1.807) is 11.3 Å². The van der Waals surface area contributed by atoms with Gasteiger partial charge >= 0.3 is 0 Å². The Kier molecular flexibility index (Phi) is 6.88. The Morgan fingerprint density at radius 1 is 0.861 bits per heavy atom. The number of thiophene rings is 1. The van der Waals surface area contributed by atoms with Gasteiger partial charge in [0, 0.05) is 25.9 Å². The van der Waals surface area contributed by atoms with Gasteiger partial charge in [0.2, 0.25) is 0 Å². The number of aromatic nitrogens is 2. The molecule has 1 aliphatic heterocycles. The summed E-state index contributed by atoms with van der Waals surface area (Å²) in [4.78, 5) is 11.9. The van der Waals surface area contributed by atoms with Crippen LogP contribution < -0.4 is 5.73 Å². The molecule has 8 heteroatoms. The predicted octanol–water partition coefficient (Wildman–Crippen LogP) is 8.99. The normalized spacial score (nSPS) is 17.3. The van der Waals surface area contributed by atoms with Crippen molar-refractivity contribution in [1.82, 2.24) is 9.97 Å². The fraction of sp³-hybridized carbons (Fsp3) is 0.143. The molecule has 0 aliphatic carbocycles. The molecule has 0 saturated carbocycles. The molecule has 0 amide bonds. The summed E-state index contributed by atoms with van der Waals surface area (Å²) < 4.78 is 0.